The van der Waals surface area contributed by atoms with Gasteiger partial charge in [-0.2, -0.15) is 4.98 Å². The lowest BCUT2D eigenvalue weighted by atomic mass is 10.1. The summed E-state index contributed by atoms with van der Waals surface area (Å²) >= 11 is 0. The van der Waals surface area contributed by atoms with Crippen LogP contribution in [-0.2, 0) is 4.79 Å². The molecule has 4 rings (SSSR count). The van der Waals surface area contributed by atoms with Crippen LogP contribution >= 0.6 is 0 Å². The van der Waals surface area contributed by atoms with Crippen molar-refractivity contribution in [2.45, 2.75) is 0 Å². The van der Waals surface area contributed by atoms with Gasteiger partial charge in [0.15, 0.2) is 12.2 Å². The minimum Gasteiger partial charge on any atom is -0.483 e. The van der Waals surface area contributed by atoms with Crippen LogP contribution in [0.3, 0.4) is 0 Å². The van der Waals surface area contributed by atoms with E-state index < -0.39 is 0 Å². The maximum atomic E-state index is 12.5. The average molecular weight is 358 g/mol. The SMILES string of the molecule is CN(C(=O)COc1ccccc1-c1ccccc1)c1nc2ccccc2o1. The molecule has 134 valence electrons. The molecule has 0 fully saturated rings. The molecule has 0 aliphatic rings. The van der Waals surface area contributed by atoms with Crippen molar-refractivity contribution in [3.05, 3.63) is 78.9 Å². The molecule has 0 unspecified atom stereocenters. The summed E-state index contributed by atoms with van der Waals surface area (Å²) in [5, 5.41) is 0. The van der Waals surface area contributed by atoms with Gasteiger partial charge in [0.25, 0.3) is 5.91 Å². The second-order valence-corrected chi connectivity index (χ2v) is 6.07. The summed E-state index contributed by atoms with van der Waals surface area (Å²) in [4.78, 5) is 18.2. The molecule has 0 saturated heterocycles. The number of benzene rings is 3. The Bertz CT molecular complexity index is 1040. The number of aromatic nitrogens is 1. The molecule has 0 spiro atoms. The standard InChI is InChI=1S/C22H18N2O3/c1-24(22-23-18-12-6-8-14-20(18)27-22)21(25)15-26-19-13-7-5-11-17(19)16-9-3-2-4-10-16/h2-14H,15H2,1H3. The molecule has 0 N–H and O–H groups in total. The first kappa shape index (κ1) is 16.8. The number of anilines is 1. The van der Waals surface area contributed by atoms with Crippen molar-refractivity contribution in [3.63, 3.8) is 0 Å². The van der Waals surface area contributed by atoms with Gasteiger partial charge in [0.1, 0.15) is 11.3 Å². The van der Waals surface area contributed by atoms with Crippen LogP contribution in [0.5, 0.6) is 5.75 Å². The lowest BCUT2D eigenvalue weighted by Gasteiger charge is -2.15. The Labute approximate surface area is 156 Å². The average Bonchev–Trinajstić information content (AvgIpc) is 3.16. The molecule has 1 heterocycles. The lowest BCUT2D eigenvalue weighted by Crippen LogP contribution is -2.31. The van der Waals surface area contributed by atoms with Crippen LogP contribution in [0.4, 0.5) is 6.01 Å². The molecule has 0 saturated carbocycles. The Morgan fingerprint density at radius 1 is 0.963 bits per heavy atom. The predicted octanol–water partition coefficient (Wildman–Crippen LogP) is 4.54. The van der Waals surface area contributed by atoms with Crippen molar-refractivity contribution in [1.29, 1.82) is 0 Å². The van der Waals surface area contributed by atoms with E-state index >= 15 is 0 Å². The van der Waals surface area contributed by atoms with E-state index in [4.69, 9.17) is 9.15 Å². The highest BCUT2D eigenvalue weighted by molar-refractivity contribution is 5.93. The summed E-state index contributed by atoms with van der Waals surface area (Å²) in [5.41, 5.74) is 3.33. The fourth-order valence-corrected chi connectivity index (χ4v) is 2.80. The predicted molar refractivity (Wildman–Crippen MR) is 105 cm³/mol. The number of oxazole rings is 1. The monoisotopic (exact) mass is 358 g/mol. The highest BCUT2D eigenvalue weighted by atomic mass is 16.5. The number of rotatable bonds is 5. The molecule has 5 nitrogen and oxygen atoms in total. The van der Waals surface area contributed by atoms with Crippen LogP contribution in [0, 0.1) is 0 Å². The number of likely N-dealkylation sites (N-methyl/N-ethyl adjacent to an activating group) is 1. The number of nitrogens with zero attached hydrogens (tertiary/aromatic N) is 2. The van der Waals surface area contributed by atoms with Crippen molar-refractivity contribution in [2.24, 2.45) is 0 Å². The lowest BCUT2D eigenvalue weighted by molar-refractivity contribution is -0.120. The van der Waals surface area contributed by atoms with Crippen LogP contribution in [0.25, 0.3) is 22.2 Å². The quantitative estimate of drug-likeness (QED) is 0.526. The van der Waals surface area contributed by atoms with Gasteiger partial charge in [-0.15, -0.1) is 0 Å². The van der Waals surface area contributed by atoms with Gasteiger partial charge >= 0.3 is 6.01 Å². The molecule has 3 aromatic carbocycles. The van der Waals surface area contributed by atoms with E-state index in [9.17, 15) is 4.79 Å². The van der Waals surface area contributed by atoms with Crippen molar-refractivity contribution in [1.82, 2.24) is 4.98 Å². The zero-order valence-corrected chi connectivity index (χ0v) is 14.8. The third kappa shape index (κ3) is 3.53. The van der Waals surface area contributed by atoms with Crippen LogP contribution in [0.15, 0.2) is 83.3 Å². The maximum Gasteiger partial charge on any atom is 0.305 e. The summed E-state index contributed by atoms with van der Waals surface area (Å²) in [5.74, 6) is 0.410. The van der Waals surface area contributed by atoms with Crippen molar-refractivity contribution in [3.8, 4) is 16.9 Å². The van der Waals surface area contributed by atoms with Gasteiger partial charge in [0.2, 0.25) is 0 Å². The number of carbonyl (C=O) groups is 1. The fraction of sp³-hybridized carbons (Fsp3) is 0.0909. The van der Waals surface area contributed by atoms with Crippen LogP contribution in [0.2, 0.25) is 0 Å². The first-order chi connectivity index (χ1) is 13.2. The molecule has 0 aliphatic heterocycles. The van der Waals surface area contributed by atoms with Crippen molar-refractivity contribution < 1.29 is 13.9 Å². The minimum atomic E-state index is -0.246. The van der Waals surface area contributed by atoms with Gasteiger partial charge in [-0.3, -0.25) is 9.69 Å². The summed E-state index contributed by atoms with van der Waals surface area (Å²) < 4.78 is 11.4. The second-order valence-electron chi connectivity index (χ2n) is 6.07. The fourth-order valence-electron chi connectivity index (χ4n) is 2.80. The highest BCUT2D eigenvalue weighted by Gasteiger charge is 2.18. The molecule has 4 aromatic rings. The zero-order valence-electron chi connectivity index (χ0n) is 14.8. The molecule has 27 heavy (non-hydrogen) atoms. The topological polar surface area (TPSA) is 55.6 Å². The number of hydrogen-bond donors (Lipinski definition) is 0. The third-order valence-electron chi connectivity index (χ3n) is 4.27. The number of hydrogen-bond acceptors (Lipinski definition) is 4. The van der Waals surface area contributed by atoms with Gasteiger partial charge in [-0.1, -0.05) is 60.7 Å². The third-order valence-corrected chi connectivity index (χ3v) is 4.27. The molecule has 0 aliphatic carbocycles. The maximum absolute atomic E-state index is 12.5. The van der Waals surface area contributed by atoms with E-state index in [1.165, 1.54) is 4.90 Å². The highest BCUT2D eigenvalue weighted by Crippen LogP contribution is 2.29. The number of amides is 1. The second kappa shape index (κ2) is 7.33. The van der Waals surface area contributed by atoms with Crippen LogP contribution in [-0.4, -0.2) is 24.5 Å². The summed E-state index contributed by atoms with van der Waals surface area (Å²) in [6.45, 7) is -0.112. The van der Waals surface area contributed by atoms with E-state index in [0.717, 1.165) is 11.1 Å². The Morgan fingerprint density at radius 3 is 2.48 bits per heavy atom. The molecule has 1 aromatic heterocycles. The molecule has 0 atom stereocenters. The normalized spacial score (nSPS) is 10.7. The van der Waals surface area contributed by atoms with E-state index in [1.54, 1.807) is 7.05 Å². The Kier molecular flexibility index (Phi) is 4.58. The van der Waals surface area contributed by atoms with Gasteiger partial charge in [-0.05, 0) is 23.8 Å². The molecule has 0 bridgehead atoms. The van der Waals surface area contributed by atoms with Crippen LogP contribution in [0.1, 0.15) is 0 Å². The summed E-state index contributed by atoms with van der Waals surface area (Å²) in [7, 11) is 1.62. The van der Waals surface area contributed by atoms with Gasteiger partial charge in [-0.25, -0.2) is 0 Å². The largest absolute Gasteiger partial charge is 0.483 e. The Morgan fingerprint density at radius 2 is 1.67 bits per heavy atom. The number of carbonyl (C=O) groups excluding carboxylic acids is 1. The molecule has 5 heteroatoms. The zero-order chi connectivity index (χ0) is 18.6. The van der Waals surface area contributed by atoms with E-state index in [2.05, 4.69) is 4.98 Å². The first-order valence-electron chi connectivity index (χ1n) is 8.62. The molecule has 0 radical (unpaired) electrons. The Balaban J connectivity index is 1.49. The number of para-hydroxylation sites is 3. The van der Waals surface area contributed by atoms with Crippen molar-refractivity contribution >= 4 is 23.0 Å². The first-order valence-corrected chi connectivity index (χ1v) is 8.62. The van der Waals surface area contributed by atoms with Crippen LogP contribution < -0.4 is 9.64 Å². The molecule has 1 amide bonds. The van der Waals surface area contributed by atoms with Gasteiger partial charge in [0.05, 0.1) is 0 Å². The van der Waals surface area contributed by atoms with E-state index in [-0.39, 0.29) is 18.5 Å². The molecular weight excluding hydrogens is 340 g/mol. The summed E-state index contributed by atoms with van der Waals surface area (Å²) in [6.07, 6.45) is 0. The van der Waals surface area contributed by atoms with Gasteiger partial charge in [0, 0.05) is 12.6 Å². The van der Waals surface area contributed by atoms with E-state index in [0.29, 0.717) is 16.8 Å². The van der Waals surface area contributed by atoms with Crippen molar-refractivity contribution in [2.75, 3.05) is 18.6 Å². The van der Waals surface area contributed by atoms with E-state index in [1.807, 2.05) is 78.9 Å². The molecular formula is C22H18N2O3. The van der Waals surface area contributed by atoms with Gasteiger partial charge < -0.3 is 9.15 Å². The number of fused-ring (bicyclic) bond motifs is 1. The Hall–Kier alpha value is -3.60. The minimum absolute atomic E-state index is 0.112. The smallest absolute Gasteiger partial charge is 0.305 e. The number of ether oxygens (including phenoxy) is 1. The summed E-state index contributed by atoms with van der Waals surface area (Å²) in [6, 6.07) is 25.2.